The van der Waals surface area contributed by atoms with Gasteiger partial charge in [-0.15, -0.1) is 0 Å². The van der Waals surface area contributed by atoms with Crippen LogP contribution in [0.15, 0.2) is 30.3 Å². The predicted molar refractivity (Wildman–Crippen MR) is 72.8 cm³/mol. The molecule has 96 valence electrons. The highest BCUT2D eigenvalue weighted by molar-refractivity contribution is 7.92. The van der Waals surface area contributed by atoms with Crippen LogP contribution in [0, 0.1) is 5.92 Å². The van der Waals surface area contributed by atoms with Gasteiger partial charge in [0.1, 0.15) is 0 Å². The Bertz CT molecular complexity index is 441. The quantitative estimate of drug-likeness (QED) is 0.827. The smallest absolute Gasteiger partial charge is 0.155 e. The molecule has 0 aromatic heterocycles. The van der Waals surface area contributed by atoms with Crippen LogP contribution in [0.4, 0.5) is 0 Å². The lowest BCUT2D eigenvalue weighted by Gasteiger charge is -2.22. The zero-order valence-corrected chi connectivity index (χ0v) is 11.9. The first-order chi connectivity index (χ1) is 7.72. The molecule has 0 spiro atoms. The first-order valence-electron chi connectivity index (χ1n) is 5.98. The van der Waals surface area contributed by atoms with Crippen molar-refractivity contribution in [3.05, 3.63) is 35.9 Å². The van der Waals surface area contributed by atoms with Crippen molar-refractivity contribution < 1.29 is 8.42 Å². The molecule has 0 aliphatic heterocycles. The van der Waals surface area contributed by atoms with Crippen LogP contribution in [-0.2, 0) is 16.3 Å². The van der Waals surface area contributed by atoms with E-state index >= 15 is 0 Å². The Morgan fingerprint density at radius 2 is 1.65 bits per heavy atom. The molecule has 1 rings (SSSR count). The van der Waals surface area contributed by atoms with E-state index in [0.717, 1.165) is 6.42 Å². The van der Waals surface area contributed by atoms with Crippen molar-refractivity contribution in [1.29, 1.82) is 0 Å². The molecule has 0 N–H and O–H groups in total. The molecule has 0 aliphatic carbocycles. The van der Waals surface area contributed by atoms with E-state index in [9.17, 15) is 8.42 Å². The van der Waals surface area contributed by atoms with Gasteiger partial charge in [-0.3, -0.25) is 0 Å². The summed E-state index contributed by atoms with van der Waals surface area (Å²) in [6, 6.07) is 10.0. The van der Waals surface area contributed by atoms with E-state index in [1.165, 1.54) is 5.56 Å². The summed E-state index contributed by atoms with van der Waals surface area (Å²) in [5.41, 5.74) is 1.20. The molecule has 0 aliphatic rings. The van der Waals surface area contributed by atoms with Crippen LogP contribution < -0.4 is 0 Å². The Kier molecular flexibility index (Phi) is 4.36. The zero-order valence-electron chi connectivity index (χ0n) is 11.1. The van der Waals surface area contributed by atoms with E-state index < -0.39 is 14.6 Å². The molecule has 0 fully saturated rings. The number of hydrogen-bond acceptors (Lipinski definition) is 2. The second kappa shape index (κ2) is 5.21. The summed E-state index contributed by atoms with van der Waals surface area (Å²) in [5.74, 6) is 0.410. The van der Waals surface area contributed by atoms with Gasteiger partial charge in [-0.05, 0) is 38.7 Å². The van der Waals surface area contributed by atoms with Crippen LogP contribution in [0.5, 0.6) is 0 Å². The van der Waals surface area contributed by atoms with Gasteiger partial charge in [-0.2, -0.15) is 0 Å². The number of benzene rings is 1. The number of rotatable bonds is 4. The Labute approximate surface area is 105 Å². The molecule has 0 heterocycles. The minimum atomic E-state index is -3.02. The van der Waals surface area contributed by atoms with E-state index in [0.29, 0.717) is 0 Å². The Morgan fingerprint density at radius 1 is 1.12 bits per heavy atom. The zero-order chi connectivity index (χ0) is 13.1. The van der Waals surface area contributed by atoms with Crippen molar-refractivity contribution >= 4 is 9.84 Å². The second-order valence-corrected chi connectivity index (χ2v) is 8.48. The monoisotopic (exact) mass is 254 g/mol. The molecule has 1 aromatic carbocycles. The highest BCUT2D eigenvalue weighted by Gasteiger charge is 2.30. The number of sulfone groups is 1. The van der Waals surface area contributed by atoms with Crippen LogP contribution in [0.2, 0.25) is 0 Å². The normalized spacial score (nSPS) is 14.6. The van der Waals surface area contributed by atoms with E-state index in [-0.39, 0.29) is 11.7 Å². The van der Waals surface area contributed by atoms with E-state index in [2.05, 4.69) is 0 Å². The first kappa shape index (κ1) is 14.2. The molecule has 3 heteroatoms. The minimum absolute atomic E-state index is 0.154. The van der Waals surface area contributed by atoms with Crippen molar-refractivity contribution in [2.75, 3.05) is 5.75 Å². The van der Waals surface area contributed by atoms with Gasteiger partial charge in [0.15, 0.2) is 9.84 Å². The molecule has 1 atom stereocenters. The molecule has 0 saturated heterocycles. The molecule has 0 unspecified atom stereocenters. The third kappa shape index (κ3) is 4.15. The highest BCUT2D eigenvalue weighted by Crippen LogP contribution is 2.20. The summed E-state index contributed by atoms with van der Waals surface area (Å²) < 4.78 is 23.5. The summed E-state index contributed by atoms with van der Waals surface area (Å²) in [6.07, 6.45) is 0.816. The van der Waals surface area contributed by atoms with Crippen molar-refractivity contribution in [3.63, 3.8) is 0 Å². The third-order valence-electron chi connectivity index (χ3n) is 2.86. The third-order valence-corrected chi connectivity index (χ3v) is 5.74. The Hall–Kier alpha value is -0.830. The Morgan fingerprint density at radius 3 is 2.12 bits per heavy atom. The standard InChI is InChI=1S/C14H22O2S/c1-12(10-13-8-6-5-7-9-13)11-17(15,16)14(2,3)4/h5-9,12H,10-11H2,1-4H3/t12-/m0/s1. The van der Waals surface area contributed by atoms with Gasteiger partial charge >= 0.3 is 0 Å². The van der Waals surface area contributed by atoms with Gasteiger partial charge in [0.25, 0.3) is 0 Å². The molecule has 17 heavy (non-hydrogen) atoms. The van der Waals surface area contributed by atoms with Crippen molar-refractivity contribution in [1.82, 2.24) is 0 Å². The molecular weight excluding hydrogens is 232 g/mol. The van der Waals surface area contributed by atoms with Crippen molar-refractivity contribution in [2.24, 2.45) is 5.92 Å². The summed E-state index contributed by atoms with van der Waals surface area (Å²) in [6.45, 7) is 7.28. The largest absolute Gasteiger partial charge is 0.228 e. The van der Waals surface area contributed by atoms with Crippen LogP contribution in [0.1, 0.15) is 33.3 Å². The fraction of sp³-hybridized carbons (Fsp3) is 0.571. The fourth-order valence-electron chi connectivity index (χ4n) is 1.70. The van der Waals surface area contributed by atoms with Crippen molar-refractivity contribution in [3.8, 4) is 0 Å². The van der Waals surface area contributed by atoms with Gasteiger partial charge in [0, 0.05) is 0 Å². The first-order valence-corrected chi connectivity index (χ1v) is 7.64. The minimum Gasteiger partial charge on any atom is -0.228 e. The lowest BCUT2D eigenvalue weighted by Crippen LogP contribution is -2.33. The van der Waals surface area contributed by atoms with Crippen molar-refractivity contribution in [2.45, 2.75) is 38.9 Å². The maximum absolute atomic E-state index is 12.1. The lowest BCUT2D eigenvalue weighted by molar-refractivity contribution is 0.539. The SMILES string of the molecule is C[C@@H](Cc1ccccc1)CS(=O)(=O)C(C)(C)C. The van der Waals surface area contributed by atoms with Gasteiger partial charge in [0.05, 0.1) is 10.5 Å². The summed E-state index contributed by atoms with van der Waals surface area (Å²) >= 11 is 0. The molecule has 0 bridgehead atoms. The van der Waals surface area contributed by atoms with Crippen LogP contribution in [0.3, 0.4) is 0 Å². The lowest BCUT2D eigenvalue weighted by atomic mass is 10.0. The molecule has 0 radical (unpaired) electrons. The predicted octanol–water partition coefficient (Wildman–Crippen LogP) is 3.08. The summed E-state index contributed by atoms with van der Waals surface area (Å²) in [5, 5.41) is 0. The van der Waals surface area contributed by atoms with Gasteiger partial charge < -0.3 is 0 Å². The molecule has 1 aromatic rings. The van der Waals surface area contributed by atoms with Gasteiger partial charge in [-0.25, -0.2) is 8.42 Å². The van der Waals surface area contributed by atoms with Gasteiger partial charge in [-0.1, -0.05) is 37.3 Å². The number of hydrogen-bond donors (Lipinski definition) is 0. The summed E-state index contributed by atoms with van der Waals surface area (Å²) in [4.78, 5) is 0. The van der Waals surface area contributed by atoms with E-state index in [4.69, 9.17) is 0 Å². The second-order valence-electron chi connectivity index (χ2n) is 5.69. The van der Waals surface area contributed by atoms with Crippen LogP contribution in [0.25, 0.3) is 0 Å². The topological polar surface area (TPSA) is 34.1 Å². The highest BCUT2D eigenvalue weighted by atomic mass is 32.2. The van der Waals surface area contributed by atoms with Crippen LogP contribution in [-0.4, -0.2) is 18.9 Å². The van der Waals surface area contributed by atoms with Gasteiger partial charge in [0.2, 0.25) is 0 Å². The molecule has 2 nitrogen and oxygen atoms in total. The molecule has 0 amide bonds. The molecule has 0 saturated carbocycles. The average molecular weight is 254 g/mol. The van der Waals surface area contributed by atoms with E-state index in [1.54, 1.807) is 20.8 Å². The fourth-order valence-corrected chi connectivity index (χ4v) is 3.07. The summed E-state index contributed by atoms with van der Waals surface area (Å²) in [7, 11) is -3.02. The molecular formula is C14H22O2S. The average Bonchev–Trinajstić information content (AvgIpc) is 2.16. The van der Waals surface area contributed by atoms with E-state index in [1.807, 2.05) is 37.3 Å². The van der Waals surface area contributed by atoms with Crippen LogP contribution >= 0.6 is 0 Å². The maximum atomic E-state index is 12.1. The maximum Gasteiger partial charge on any atom is 0.155 e. The Balaban J connectivity index is 2.66.